The fourth-order valence-corrected chi connectivity index (χ4v) is 1.13. The molecule has 2 N–H and O–H groups in total. The molecule has 0 aliphatic carbocycles. The van der Waals surface area contributed by atoms with E-state index in [4.69, 9.17) is 5.11 Å². The molecule has 1 rings (SSSR count). The van der Waals surface area contributed by atoms with Gasteiger partial charge in [0.1, 0.15) is 11.0 Å². The summed E-state index contributed by atoms with van der Waals surface area (Å²) >= 11 is 3.03. The van der Waals surface area contributed by atoms with Crippen molar-refractivity contribution < 1.29 is 9.90 Å². The van der Waals surface area contributed by atoms with Crippen LogP contribution in [0.1, 0.15) is 5.69 Å². The largest absolute Gasteiger partial charge is 0.480 e. The minimum absolute atomic E-state index is 0.342. The first-order valence-corrected chi connectivity index (χ1v) is 3.98. The number of aryl methyl sites for hydroxylation is 1. The van der Waals surface area contributed by atoms with Crippen LogP contribution < -0.4 is 5.56 Å². The fourth-order valence-electron chi connectivity index (χ4n) is 0.828. The van der Waals surface area contributed by atoms with Gasteiger partial charge in [0.2, 0.25) is 0 Å². The Morgan fingerprint density at radius 1 is 1.75 bits per heavy atom. The smallest absolute Gasteiger partial charge is 0.325 e. The van der Waals surface area contributed by atoms with Gasteiger partial charge < -0.3 is 5.11 Å². The number of aromatic nitrogens is 2. The zero-order valence-corrected chi connectivity index (χ0v) is 7.88. The number of hydrogen-bond donors (Lipinski definition) is 2. The monoisotopic (exact) mass is 234 g/mol. The molecule has 0 aliphatic heterocycles. The molecule has 0 saturated carbocycles. The molecule has 1 heterocycles. The van der Waals surface area contributed by atoms with E-state index in [0.29, 0.717) is 10.2 Å². The van der Waals surface area contributed by atoms with E-state index in [-0.39, 0.29) is 12.1 Å². The lowest BCUT2D eigenvalue weighted by Gasteiger charge is -1.93. The SMILES string of the molecule is Cc1[nH]n(CC(=O)O)c(=O)c1Br. The summed E-state index contributed by atoms with van der Waals surface area (Å²) in [5, 5.41) is 11.0. The highest BCUT2D eigenvalue weighted by atomic mass is 79.9. The average Bonchev–Trinajstić information content (AvgIpc) is 2.17. The Bertz CT molecular complexity index is 365. The first kappa shape index (κ1) is 9.05. The van der Waals surface area contributed by atoms with Gasteiger partial charge in [-0.1, -0.05) is 0 Å². The van der Waals surface area contributed by atoms with Gasteiger partial charge in [-0.05, 0) is 22.9 Å². The van der Waals surface area contributed by atoms with E-state index >= 15 is 0 Å². The van der Waals surface area contributed by atoms with Crippen molar-refractivity contribution >= 4 is 21.9 Å². The molecular weight excluding hydrogens is 228 g/mol. The van der Waals surface area contributed by atoms with E-state index < -0.39 is 5.97 Å². The highest BCUT2D eigenvalue weighted by Crippen LogP contribution is 2.06. The number of H-pyrrole nitrogens is 1. The number of halogens is 1. The number of carbonyl (C=O) groups is 1. The highest BCUT2D eigenvalue weighted by Gasteiger charge is 2.09. The standard InChI is InChI=1S/C6H7BrN2O3/c1-3-5(7)6(12)9(8-3)2-4(10)11/h8H,2H2,1H3,(H,10,11). The molecular formula is C6H7BrN2O3. The molecule has 66 valence electrons. The van der Waals surface area contributed by atoms with E-state index in [0.717, 1.165) is 4.68 Å². The van der Waals surface area contributed by atoms with Gasteiger partial charge in [0, 0.05) is 5.69 Å². The van der Waals surface area contributed by atoms with Gasteiger partial charge in [0.05, 0.1) is 0 Å². The number of carboxylic acid groups (broad SMARTS) is 1. The molecule has 0 fully saturated rings. The molecule has 0 bridgehead atoms. The summed E-state index contributed by atoms with van der Waals surface area (Å²) in [6, 6.07) is 0. The zero-order valence-electron chi connectivity index (χ0n) is 6.30. The van der Waals surface area contributed by atoms with Crippen LogP contribution in [0.25, 0.3) is 0 Å². The average molecular weight is 235 g/mol. The topological polar surface area (TPSA) is 75.1 Å². The number of nitrogens with zero attached hydrogens (tertiary/aromatic N) is 1. The summed E-state index contributed by atoms with van der Waals surface area (Å²) < 4.78 is 1.41. The Kier molecular flexibility index (Phi) is 2.37. The van der Waals surface area contributed by atoms with Crippen LogP contribution in [0.5, 0.6) is 0 Å². The minimum atomic E-state index is -1.05. The summed E-state index contributed by atoms with van der Waals surface area (Å²) in [6.45, 7) is 1.34. The molecule has 5 nitrogen and oxygen atoms in total. The molecule has 0 aromatic carbocycles. The van der Waals surface area contributed by atoms with E-state index in [9.17, 15) is 9.59 Å². The van der Waals surface area contributed by atoms with Gasteiger partial charge in [-0.2, -0.15) is 0 Å². The van der Waals surface area contributed by atoms with Gasteiger partial charge in [-0.25, -0.2) is 4.68 Å². The van der Waals surface area contributed by atoms with Crippen LogP contribution in [0.3, 0.4) is 0 Å². The maximum absolute atomic E-state index is 11.1. The second-order valence-corrected chi connectivity index (χ2v) is 3.13. The fraction of sp³-hybridized carbons (Fsp3) is 0.333. The van der Waals surface area contributed by atoms with Gasteiger partial charge in [-0.3, -0.25) is 14.7 Å². The van der Waals surface area contributed by atoms with Crippen molar-refractivity contribution in [2.24, 2.45) is 0 Å². The Hall–Kier alpha value is -1.04. The normalized spacial score (nSPS) is 10.2. The predicted octanol–water partition coefficient (Wildman–Crippen LogP) is 0.332. The molecule has 6 heteroatoms. The van der Waals surface area contributed by atoms with Crippen LogP contribution in [0.4, 0.5) is 0 Å². The number of rotatable bonds is 2. The van der Waals surface area contributed by atoms with E-state index in [1.54, 1.807) is 6.92 Å². The van der Waals surface area contributed by atoms with Crippen LogP contribution >= 0.6 is 15.9 Å². The Labute approximate surface area is 76.1 Å². The lowest BCUT2D eigenvalue weighted by molar-refractivity contribution is -0.137. The van der Waals surface area contributed by atoms with Gasteiger partial charge >= 0.3 is 5.97 Å². The molecule has 0 spiro atoms. The third-order valence-electron chi connectivity index (χ3n) is 1.36. The summed E-state index contributed by atoms with van der Waals surface area (Å²) in [5.41, 5.74) is 0.274. The van der Waals surface area contributed by atoms with Crippen molar-refractivity contribution in [3.8, 4) is 0 Å². The second kappa shape index (κ2) is 3.14. The predicted molar refractivity (Wildman–Crippen MR) is 45.1 cm³/mol. The van der Waals surface area contributed by atoms with Gasteiger partial charge in [0.25, 0.3) is 5.56 Å². The maximum Gasteiger partial charge on any atom is 0.325 e. The molecule has 12 heavy (non-hydrogen) atoms. The van der Waals surface area contributed by atoms with Crippen molar-refractivity contribution in [3.05, 3.63) is 20.5 Å². The van der Waals surface area contributed by atoms with Crippen molar-refractivity contribution in [1.29, 1.82) is 0 Å². The number of nitrogens with one attached hydrogen (secondary N) is 1. The molecule has 0 atom stereocenters. The lowest BCUT2D eigenvalue weighted by atomic mass is 10.5. The first-order chi connectivity index (χ1) is 5.52. The molecule has 0 aliphatic rings. The van der Waals surface area contributed by atoms with E-state index in [1.807, 2.05) is 0 Å². The summed E-state index contributed by atoms with van der Waals surface area (Å²) in [7, 11) is 0. The molecule has 1 aromatic rings. The summed E-state index contributed by atoms with van der Waals surface area (Å²) in [5.74, 6) is -1.05. The summed E-state index contributed by atoms with van der Waals surface area (Å²) in [4.78, 5) is 21.4. The van der Waals surface area contributed by atoms with Crippen LogP contribution in [-0.2, 0) is 11.3 Å². The quantitative estimate of drug-likeness (QED) is 0.775. The molecule has 0 unspecified atom stereocenters. The van der Waals surface area contributed by atoms with Crippen molar-refractivity contribution in [3.63, 3.8) is 0 Å². The van der Waals surface area contributed by atoms with Crippen molar-refractivity contribution in [1.82, 2.24) is 9.78 Å². The maximum atomic E-state index is 11.1. The molecule has 1 aromatic heterocycles. The number of hydrogen-bond acceptors (Lipinski definition) is 2. The Morgan fingerprint density at radius 3 is 2.67 bits per heavy atom. The zero-order chi connectivity index (χ0) is 9.30. The number of aromatic amines is 1. The number of carboxylic acids is 1. The Morgan fingerprint density at radius 2 is 2.33 bits per heavy atom. The third-order valence-corrected chi connectivity index (χ3v) is 2.29. The Balaban J connectivity index is 3.10. The molecule has 0 radical (unpaired) electrons. The van der Waals surface area contributed by atoms with Crippen LogP contribution in [0, 0.1) is 6.92 Å². The van der Waals surface area contributed by atoms with Crippen LogP contribution in [0.15, 0.2) is 9.27 Å². The van der Waals surface area contributed by atoms with E-state index in [2.05, 4.69) is 21.0 Å². The van der Waals surface area contributed by atoms with Crippen molar-refractivity contribution in [2.45, 2.75) is 13.5 Å². The van der Waals surface area contributed by atoms with Crippen molar-refractivity contribution in [2.75, 3.05) is 0 Å². The molecule has 0 saturated heterocycles. The first-order valence-electron chi connectivity index (χ1n) is 3.19. The minimum Gasteiger partial charge on any atom is -0.480 e. The van der Waals surface area contributed by atoms with Gasteiger partial charge in [0.15, 0.2) is 0 Å². The van der Waals surface area contributed by atoms with Gasteiger partial charge in [-0.15, -0.1) is 0 Å². The van der Waals surface area contributed by atoms with Crippen LogP contribution in [-0.4, -0.2) is 20.9 Å². The second-order valence-electron chi connectivity index (χ2n) is 2.34. The molecule has 0 amide bonds. The lowest BCUT2D eigenvalue weighted by Crippen LogP contribution is -2.21. The van der Waals surface area contributed by atoms with Crippen LogP contribution in [0.2, 0.25) is 0 Å². The highest BCUT2D eigenvalue weighted by molar-refractivity contribution is 9.10. The number of aliphatic carboxylic acids is 1. The van der Waals surface area contributed by atoms with E-state index in [1.165, 1.54) is 0 Å². The summed E-state index contributed by atoms with van der Waals surface area (Å²) in [6.07, 6.45) is 0. The third kappa shape index (κ3) is 1.58.